The second kappa shape index (κ2) is 19.4. The molecule has 1 aliphatic heterocycles. The van der Waals surface area contributed by atoms with Crippen LogP contribution in [0.4, 0.5) is 5.69 Å². The van der Waals surface area contributed by atoms with E-state index in [0.29, 0.717) is 40.5 Å². The number of rotatable bonds is 14. The van der Waals surface area contributed by atoms with Crippen LogP contribution in [0.15, 0.2) is 85.1 Å². The Morgan fingerprint density at radius 1 is 0.607 bits per heavy atom. The number of pyridine rings is 1. The van der Waals surface area contributed by atoms with E-state index >= 15 is 0 Å². The predicted molar refractivity (Wildman–Crippen MR) is 228 cm³/mol. The highest BCUT2D eigenvalue weighted by Gasteiger charge is 2.27. The average Bonchev–Trinajstić information content (AvgIpc) is 3.70. The molecule has 7 rings (SSSR count). The minimum absolute atomic E-state index is 0. The number of likely N-dealkylation sites (tertiary alicyclic amines) is 1. The smallest absolute Gasteiger partial charge is 0.203 e. The van der Waals surface area contributed by atoms with Crippen molar-refractivity contribution in [2.24, 2.45) is 0 Å². The molecule has 0 atom stereocenters. The third-order valence-corrected chi connectivity index (χ3v) is 10.9. The molecule has 0 amide bonds. The molecule has 0 spiro atoms. The van der Waals surface area contributed by atoms with Crippen molar-refractivity contribution in [3.63, 3.8) is 0 Å². The van der Waals surface area contributed by atoms with E-state index in [1.165, 1.54) is 40.8 Å². The molecule has 4 aromatic carbocycles. The van der Waals surface area contributed by atoms with Crippen molar-refractivity contribution in [1.82, 2.24) is 9.88 Å². The van der Waals surface area contributed by atoms with Crippen molar-refractivity contribution in [3.05, 3.63) is 107 Å². The summed E-state index contributed by atoms with van der Waals surface area (Å²) in [7, 11) is 9.83. The van der Waals surface area contributed by atoms with Gasteiger partial charge in [0.15, 0.2) is 23.0 Å². The number of hydrogen-bond donors (Lipinski definition) is 0. The minimum Gasteiger partial charge on any atom is -0.493 e. The second-order valence-corrected chi connectivity index (χ2v) is 14.0. The monoisotopic (exact) mass is 801 g/mol. The Kier molecular flexibility index (Phi) is 14.6. The highest BCUT2D eigenvalue weighted by Crippen LogP contribution is 2.43. The average molecular weight is 803 g/mol. The van der Waals surface area contributed by atoms with E-state index in [1.54, 1.807) is 42.7 Å². The van der Waals surface area contributed by atoms with Gasteiger partial charge >= 0.3 is 0 Å². The lowest BCUT2D eigenvalue weighted by atomic mass is 9.98. The molecule has 11 heteroatoms. The first-order valence-electron chi connectivity index (χ1n) is 18.7. The molecule has 0 saturated carbocycles. The van der Waals surface area contributed by atoms with Crippen LogP contribution in [0, 0.1) is 0 Å². The zero-order valence-corrected chi connectivity index (χ0v) is 34.8. The van der Waals surface area contributed by atoms with Gasteiger partial charge < -0.3 is 33.3 Å². The lowest BCUT2D eigenvalue weighted by Crippen LogP contribution is -2.44. The van der Waals surface area contributed by atoms with E-state index in [2.05, 4.69) is 64.4 Å². The van der Waals surface area contributed by atoms with Gasteiger partial charge in [-0.25, -0.2) is 0 Å². The summed E-state index contributed by atoms with van der Waals surface area (Å²) in [4.78, 5) is 9.92. The lowest BCUT2D eigenvalue weighted by Gasteiger charge is -2.40. The van der Waals surface area contributed by atoms with Crippen LogP contribution >= 0.6 is 24.8 Å². The van der Waals surface area contributed by atoms with E-state index in [0.717, 1.165) is 67.8 Å². The summed E-state index contributed by atoms with van der Waals surface area (Å²) in [6.45, 7) is 3.71. The molecule has 0 N–H and O–H groups in total. The van der Waals surface area contributed by atoms with Crippen LogP contribution in [0.2, 0.25) is 0 Å². The third kappa shape index (κ3) is 9.07. The molecule has 1 fully saturated rings. The Balaban J connectivity index is 0.00000300. The third-order valence-electron chi connectivity index (χ3n) is 10.9. The number of methoxy groups -OCH3 is 6. The van der Waals surface area contributed by atoms with E-state index < -0.39 is 0 Å². The molecule has 0 bridgehead atoms. The summed E-state index contributed by atoms with van der Waals surface area (Å²) in [5.74, 6) is 3.69. The van der Waals surface area contributed by atoms with Gasteiger partial charge in [0.25, 0.3) is 0 Å². The predicted octanol–water partition coefficient (Wildman–Crippen LogP) is 9.47. The molecule has 9 nitrogen and oxygen atoms in total. The molecule has 0 radical (unpaired) electrons. The van der Waals surface area contributed by atoms with Crippen molar-refractivity contribution >= 4 is 30.5 Å². The normalized spacial score (nSPS) is 13.8. The number of anilines is 1. The number of halogens is 2. The Labute approximate surface area is 343 Å². The van der Waals surface area contributed by atoms with Crippen LogP contribution in [0.5, 0.6) is 34.5 Å². The summed E-state index contributed by atoms with van der Waals surface area (Å²) in [6, 6.07) is 28.6. The summed E-state index contributed by atoms with van der Waals surface area (Å²) >= 11 is 0. The molecule has 2 heterocycles. The highest BCUT2D eigenvalue weighted by molar-refractivity contribution is 5.85. The maximum Gasteiger partial charge on any atom is 0.203 e. The number of benzene rings is 4. The number of ether oxygens (including phenoxy) is 6. The summed E-state index contributed by atoms with van der Waals surface area (Å²) < 4.78 is 33.7. The molecule has 0 unspecified atom stereocenters. The molecule has 5 aromatic rings. The van der Waals surface area contributed by atoms with Crippen LogP contribution in [0.25, 0.3) is 22.4 Å². The Morgan fingerprint density at radius 3 is 1.82 bits per heavy atom. The van der Waals surface area contributed by atoms with Gasteiger partial charge in [0.1, 0.15) is 0 Å². The fourth-order valence-corrected chi connectivity index (χ4v) is 8.07. The van der Waals surface area contributed by atoms with Crippen molar-refractivity contribution in [2.75, 3.05) is 60.6 Å². The molecule has 1 aliphatic carbocycles. The van der Waals surface area contributed by atoms with Gasteiger partial charge in [-0.15, -0.1) is 24.8 Å². The van der Waals surface area contributed by atoms with Crippen LogP contribution in [0.3, 0.4) is 0 Å². The van der Waals surface area contributed by atoms with E-state index in [4.69, 9.17) is 33.4 Å². The van der Waals surface area contributed by atoms with Gasteiger partial charge in [-0.1, -0.05) is 24.3 Å². The zero-order valence-electron chi connectivity index (χ0n) is 33.1. The van der Waals surface area contributed by atoms with Crippen molar-refractivity contribution in [2.45, 2.75) is 51.2 Å². The lowest BCUT2D eigenvalue weighted by molar-refractivity contribution is 0.201. The van der Waals surface area contributed by atoms with Crippen molar-refractivity contribution in [3.8, 4) is 56.9 Å². The zero-order chi connectivity index (χ0) is 37.6. The maximum atomic E-state index is 5.67. The van der Waals surface area contributed by atoms with Crippen LogP contribution in [-0.4, -0.2) is 71.7 Å². The number of hydrogen-bond acceptors (Lipinski definition) is 9. The fraction of sp³-hybridized carbons (Fsp3) is 0.356. The van der Waals surface area contributed by atoms with Crippen molar-refractivity contribution < 1.29 is 28.4 Å². The SMILES string of the molecule is COc1cc(-c2cccc(CN(c3ccc4c(c3)CCC4)C3CCN(Cc4ccnc(-c5cc(OC)c(OC)c(OC)c5)c4)CC3)c2)cc(OC)c1OC.Cl.Cl. The molecule has 2 aliphatic rings. The van der Waals surface area contributed by atoms with Gasteiger partial charge in [0, 0.05) is 49.7 Å². The first-order chi connectivity index (χ1) is 26.4. The van der Waals surface area contributed by atoms with Gasteiger partial charge in [-0.2, -0.15) is 0 Å². The fourth-order valence-electron chi connectivity index (χ4n) is 8.07. The van der Waals surface area contributed by atoms with Gasteiger partial charge in [-0.05, 0) is 120 Å². The first kappa shape index (κ1) is 42.3. The van der Waals surface area contributed by atoms with Gasteiger partial charge in [-0.3, -0.25) is 9.88 Å². The number of piperidine rings is 1. The number of fused-ring (bicyclic) bond motifs is 1. The molecular weight excluding hydrogens is 749 g/mol. The standard InChI is InChI=1S/C45H51N3O6.2ClH/c1-49-40-24-35(25-41(50-2)44(40)53-5)33-11-7-9-30(21-33)29-48(38-14-13-32-10-8-12-34(32)23-38)37-16-19-47(20-17-37)28-31-15-18-46-39(22-31)36-26-42(51-3)45(54-6)43(27-36)52-4;;/h7,9,11,13-15,18,21-27,37H,8,10,12,16-17,19-20,28-29H2,1-6H3;2*1H. The number of aryl methyl sites for hydroxylation is 2. The van der Waals surface area contributed by atoms with Gasteiger partial charge in [0.2, 0.25) is 11.5 Å². The summed E-state index contributed by atoms with van der Waals surface area (Å²) in [5, 5.41) is 0. The quantitative estimate of drug-likeness (QED) is 0.109. The highest BCUT2D eigenvalue weighted by atomic mass is 35.5. The van der Waals surface area contributed by atoms with Crippen LogP contribution in [0.1, 0.15) is 41.5 Å². The number of aromatic nitrogens is 1. The van der Waals surface area contributed by atoms with Crippen LogP contribution in [-0.2, 0) is 25.9 Å². The molecule has 1 aromatic heterocycles. The van der Waals surface area contributed by atoms with E-state index in [9.17, 15) is 0 Å². The minimum atomic E-state index is 0. The van der Waals surface area contributed by atoms with E-state index in [1.807, 2.05) is 30.5 Å². The maximum absolute atomic E-state index is 5.67. The topological polar surface area (TPSA) is 74.8 Å². The summed E-state index contributed by atoms with van der Waals surface area (Å²) in [5.41, 5.74) is 10.7. The largest absolute Gasteiger partial charge is 0.493 e. The Bertz CT molecular complexity index is 2040. The molecule has 56 heavy (non-hydrogen) atoms. The van der Waals surface area contributed by atoms with Gasteiger partial charge in [0.05, 0.1) is 48.4 Å². The van der Waals surface area contributed by atoms with Crippen LogP contribution < -0.4 is 33.3 Å². The Morgan fingerprint density at radius 2 is 1.21 bits per heavy atom. The molecule has 298 valence electrons. The number of nitrogens with zero attached hydrogens (tertiary/aromatic N) is 3. The van der Waals surface area contributed by atoms with E-state index in [-0.39, 0.29) is 24.8 Å². The first-order valence-corrected chi connectivity index (χ1v) is 18.7. The Hall–Kier alpha value is -4.83. The molecular formula is C45H53Cl2N3O6. The molecule has 1 saturated heterocycles. The second-order valence-electron chi connectivity index (χ2n) is 14.0. The van der Waals surface area contributed by atoms with Crippen molar-refractivity contribution in [1.29, 1.82) is 0 Å². The summed E-state index contributed by atoms with van der Waals surface area (Å²) in [6.07, 6.45) is 7.63.